The van der Waals surface area contributed by atoms with Gasteiger partial charge in [0.05, 0.1) is 28.9 Å². The molecule has 4 rings (SSSR count). The number of hydrogen-bond acceptors (Lipinski definition) is 6. The molecule has 2 heterocycles. The molecule has 1 fully saturated rings. The first-order valence-electron chi connectivity index (χ1n) is 11.6. The van der Waals surface area contributed by atoms with Crippen molar-refractivity contribution < 1.29 is 14.9 Å². The lowest BCUT2D eigenvalue weighted by molar-refractivity contribution is -0.0315. The van der Waals surface area contributed by atoms with Crippen LogP contribution in [-0.4, -0.2) is 26.0 Å². The Hall–Kier alpha value is -3.26. The number of rotatable bonds is 4. The van der Waals surface area contributed by atoms with Crippen LogP contribution in [0.3, 0.4) is 0 Å². The standard InChI is InChI=1S/C27H32N4O3/c1-15(2)27(22(13-28)24(29)34-25-23(27)16(3)30-31-25)21-11-17(8-19(12-21)14-32)6-7-18-9-20(10-18)26(4,5)33/h8,11-12,15,18,20,32-33H,9-10,14,29H2,1-5H3,(H,30,31)/t18-,20-,27?. The molecule has 1 atom stereocenters. The summed E-state index contributed by atoms with van der Waals surface area (Å²) in [5.74, 6) is 7.49. The number of aliphatic hydroxyl groups is 2. The van der Waals surface area contributed by atoms with E-state index in [-0.39, 0.29) is 30.2 Å². The van der Waals surface area contributed by atoms with E-state index < -0.39 is 11.0 Å². The number of nitrogens with zero attached hydrogens (tertiary/aromatic N) is 2. The van der Waals surface area contributed by atoms with Gasteiger partial charge in [0.2, 0.25) is 11.8 Å². The van der Waals surface area contributed by atoms with Crippen molar-refractivity contribution >= 4 is 0 Å². The van der Waals surface area contributed by atoms with Gasteiger partial charge in [-0.25, -0.2) is 5.10 Å². The van der Waals surface area contributed by atoms with Crippen LogP contribution in [0.1, 0.15) is 68.5 Å². The highest BCUT2D eigenvalue weighted by molar-refractivity contribution is 5.63. The summed E-state index contributed by atoms with van der Waals surface area (Å²) in [6.07, 6.45) is 1.73. The van der Waals surface area contributed by atoms with E-state index in [1.807, 2.05) is 52.8 Å². The molecule has 1 unspecified atom stereocenters. The van der Waals surface area contributed by atoms with Gasteiger partial charge in [0.1, 0.15) is 11.6 Å². The van der Waals surface area contributed by atoms with Crippen LogP contribution in [0.4, 0.5) is 0 Å². The maximum Gasteiger partial charge on any atom is 0.222 e. The van der Waals surface area contributed by atoms with Gasteiger partial charge in [0.25, 0.3) is 0 Å². The molecule has 0 amide bonds. The zero-order valence-electron chi connectivity index (χ0n) is 20.4. The molecule has 1 saturated carbocycles. The van der Waals surface area contributed by atoms with Crippen molar-refractivity contribution in [3.63, 3.8) is 0 Å². The number of nitrogens with one attached hydrogen (secondary N) is 1. The van der Waals surface area contributed by atoms with Gasteiger partial charge in [0.15, 0.2) is 0 Å². The molecular formula is C27H32N4O3. The molecule has 1 aromatic heterocycles. The smallest absolute Gasteiger partial charge is 0.222 e. The maximum absolute atomic E-state index is 10.2. The Kier molecular flexibility index (Phi) is 5.97. The molecule has 34 heavy (non-hydrogen) atoms. The number of aryl methyl sites for hydroxylation is 1. The highest BCUT2D eigenvalue weighted by Crippen LogP contribution is 2.52. The number of aliphatic hydroxyl groups excluding tert-OH is 1. The summed E-state index contributed by atoms with van der Waals surface area (Å²) in [6.45, 7) is 9.47. The normalized spacial score (nSPS) is 24.0. The number of fused-ring (bicyclic) bond motifs is 1. The van der Waals surface area contributed by atoms with Gasteiger partial charge in [-0.2, -0.15) is 10.4 Å². The fraction of sp³-hybridized carbons (Fsp3) is 0.481. The molecule has 5 N–H and O–H groups in total. The Bertz CT molecular complexity index is 1240. The minimum absolute atomic E-state index is 0.0431. The topological polar surface area (TPSA) is 128 Å². The Labute approximate surface area is 200 Å². The van der Waals surface area contributed by atoms with Gasteiger partial charge < -0.3 is 20.7 Å². The van der Waals surface area contributed by atoms with Crippen LogP contribution in [0.15, 0.2) is 29.7 Å². The second kappa shape index (κ2) is 8.51. The van der Waals surface area contributed by atoms with Crippen LogP contribution in [0.5, 0.6) is 5.88 Å². The van der Waals surface area contributed by atoms with Gasteiger partial charge in [-0.3, -0.25) is 0 Å². The summed E-state index contributed by atoms with van der Waals surface area (Å²) in [6, 6.07) is 8.05. The average Bonchev–Trinajstić information content (AvgIpc) is 3.10. The zero-order valence-corrected chi connectivity index (χ0v) is 20.4. The highest BCUT2D eigenvalue weighted by atomic mass is 16.5. The van der Waals surface area contributed by atoms with Gasteiger partial charge in [-0.1, -0.05) is 31.8 Å². The number of aromatic amines is 1. The van der Waals surface area contributed by atoms with Crippen LogP contribution in [0, 0.1) is 47.8 Å². The van der Waals surface area contributed by atoms with E-state index >= 15 is 0 Å². The summed E-state index contributed by atoms with van der Waals surface area (Å²) in [5, 5.41) is 37.6. The lowest BCUT2D eigenvalue weighted by atomic mass is 9.61. The van der Waals surface area contributed by atoms with Crippen LogP contribution in [0.2, 0.25) is 0 Å². The molecule has 7 heteroatoms. The molecule has 0 spiro atoms. The Morgan fingerprint density at radius 1 is 1.32 bits per heavy atom. The predicted molar refractivity (Wildman–Crippen MR) is 128 cm³/mol. The number of nitriles is 1. The Morgan fingerprint density at radius 3 is 2.62 bits per heavy atom. The maximum atomic E-state index is 10.2. The number of hydrogen-bond donors (Lipinski definition) is 4. The zero-order chi connectivity index (χ0) is 24.8. The number of aromatic nitrogens is 2. The predicted octanol–water partition coefficient (Wildman–Crippen LogP) is 3.39. The first-order chi connectivity index (χ1) is 16.0. The van der Waals surface area contributed by atoms with Crippen molar-refractivity contribution in [3.8, 4) is 23.8 Å². The number of nitrogens with two attached hydrogens (primary N) is 1. The molecule has 2 aromatic rings. The quantitative estimate of drug-likeness (QED) is 0.518. The lowest BCUT2D eigenvalue weighted by Crippen LogP contribution is -2.41. The molecule has 1 aromatic carbocycles. The summed E-state index contributed by atoms with van der Waals surface area (Å²) < 4.78 is 5.73. The SMILES string of the molecule is Cc1n[nH]c2c1C(c1cc(C#C[C@H]3C[C@H](C(C)(C)O)C3)cc(CO)c1)(C(C)C)C(C#N)=C(N)O2. The molecule has 0 saturated heterocycles. The van der Waals surface area contributed by atoms with Crippen LogP contribution >= 0.6 is 0 Å². The van der Waals surface area contributed by atoms with Crippen molar-refractivity contribution in [2.75, 3.05) is 0 Å². The minimum Gasteiger partial charge on any atom is -0.422 e. The summed E-state index contributed by atoms with van der Waals surface area (Å²) in [4.78, 5) is 0. The molecule has 7 nitrogen and oxygen atoms in total. The second-order valence-electron chi connectivity index (χ2n) is 10.3. The van der Waals surface area contributed by atoms with Crippen molar-refractivity contribution in [2.45, 2.75) is 65.1 Å². The molecule has 1 aliphatic heterocycles. The Morgan fingerprint density at radius 2 is 2.03 bits per heavy atom. The van der Waals surface area contributed by atoms with Crippen molar-refractivity contribution in [3.05, 3.63) is 57.6 Å². The number of allylic oxidation sites excluding steroid dienone is 1. The molecular weight excluding hydrogens is 428 g/mol. The second-order valence-corrected chi connectivity index (χ2v) is 10.3. The van der Waals surface area contributed by atoms with E-state index in [4.69, 9.17) is 10.5 Å². The van der Waals surface area contributed by atoms with E-state index in [1.54, 1.807) is 0 Å². The van der Waals surface area contributed by atoms with E-state index in [2.05, 4.69) is 28.1 Å². The molecule has 0 bridgehead atoms. The van der Waals surface area contributed by atoms with Crippen LogP contribution in [-0.2, 0) is 12.0 Å². The fourth-order valence-electron chi connectivity index (χ4n) is 5.35. The van der Waals surface area contributed by atoms with E-state index in [9.17, 15) is 15.5 Å². The summed E-state index contributed by atoms with van der Waals surface area (Å²) >= 11 is 0. The molecule has 178 valence electrons. The first-order valence-corrected chi connectivity index (χ1v) is 11.6. The third-order valence-electron chi connectivity index (χ3n) is 7.33. The van der Waals surface area contributed by atoms with E-state index in [0.29, 0.717) is 17.0 Å². The number of benzene rings is 1. The highest BCUT2D eigenvalue weighted by Gasteiger charge is 2.50. The van der Waals surface area contributed by atoms with Crippen molar-refractivity contribution in [1.29, 1.82) is 5.26 Å². The average molecular weight is 461 g/mol. The van der Waals surface area contributed by atoms with Gasteiger partial charge >= 0.3 is 0 Å². The van der Waals surface area contributed by atoms with Gasteiger partial charge in [0, 0.05) is 11.5 Å². The van der Waals surface area contributed by atoms with Crippen LogP contribution in [0.25, 0.3) is 0 Å². The fourth-order valence-corrected chi connectivity index (χ4v) is 5.35. The van der Waals surface area contributed by atoms with Crippen molar-refractivity contribution in [1.82, 2.24) is 10.2 Å². The van der Waals surface area contributed by atoms with Gasteiger partial charge in [-0.05, 0) is 68.7 Å². The van der Waals surface area contributed by atoms with E-state index in [1.165, 1.54) is 0 Å². The molecule has 0 radical (unpaired) electrons. The van der Waals surface area contributed by atoms with Crippen LogP contribution < -0.4 is 10.5 Å². The van der Waals surface area contributed by atoms with E-state index in [0.717, 1.165) is 35.2 Å². The lowest BCUT2D eigenvalue weighted by Gasteiger charge is -2.41. The largest absolute Gasteiger partial charge is 0.422 e. The first kappa shape index (κ1) is 23.9. The van der Waals surface area contributed by atoms with Gasteiger partial charge in [-0.15, -0.1) is 0 Å². The third-order valence-corrected chi connectivity index (χ3v) is 7.33. The third kappa shape index (κ3) is 3.76. The Balaban J connectivity index is 1.85. The number of H-pyrrole nitrogens is 1. The monoisotopic (exact) mass is 460 g/mol. The summed E-state index contributed by atoms with van der Waals surface area (Å²) in [7, 11) is 0. The summed E-state index contributed by atoms with van der Waals surface area (Å²) in [5.41, 5.74) is 8.73. The molecule has 1 aliphatic carbocycles. The molecule has 2 aliphatic rings. The minimum atomic E-state index is -0.909. The number of ether oxygens (including phenoxy) is 1. The van der Waals surface area contributed by atoms with Crippen molar-refractivity contribution in [2.24, 2.45) is 23.5 Å².